The van der Waals surface area contributed by atoms with E-state index in [0.29, 0.717) is 6.04 Å². The van der Waals surface area contributed by atoms with Gasteiger partial charge in [-0.05, 0) is 47.7 Å². The third-order valence-corrected chi connectivity index (χ3v) is 5.37. The second kappa shape index (κ2) is 7.99. The molecule has 1 aliphatic rings. The van der Waals surface area contributed by atoms with E-state index in [1.54, 1.807) is 7.11 Å². The largest absolute Gasteiger partial charge is 0.496 e. The highest BCUT2D eigenvalue weighted by Gasteiger charge is 2.28. The molecule has 0 aliphatic carbocycles. The van der Waals surface area contributed by atoms with Gasteiger partial charge in [-0.25, -0.2) is 0 Å². The van der Waals surface area contributed by atoms with E-state index in [1.807, 2.05) is 12.1 Å². The Bertz CT molecular complexity index is 754. The zero-order valence-electron chi connectivity index (χ0n) is 16.1. The maximum Gasteiger partial charge on any atom is 0.123 e. The highest BCUT2D eigenvalue weighted by Crippen LogP contribution is 2.30. The number of hydrogen-bond donors (Lipinski definition) is 2. The van der Waals surface area contributed by atoms with Crippen LogP contribution in [0.25, 0.3) is 0 Å². The molecule has 2 atom stereocenters. The predicted molar refractivity (Wildman–Crippen MR) is 109 cm³/mol. The van der Waals surface area contributed by atoms with E-state index < -0.39 is 0 Å². The van der Waals surface area contributed by atoms with E-state index in [2.05, 4.69) is 61.7 Å². The molecule has 0 saturated carbocycles. The maximum absolute atomic E-state index is 6.18. The fraction of sp³-hybridized carbons (Fsp3) is 0.455. The third-order valence-electron chi connectivity index (χ3n) is 5.13. The summed E-state index contributed by atoms with van der Waals surface area (Å²) in [4.78, 5) is 0. The van der Waals surface area contributed by atoms with Crippen LogP contribution in [0.4, 0.5) is 0 Å². The molecule has 0 aromatic heterocycles. The van der Waals surface area contributed by atoms with Crippen LogP contribution in [-0.2, 0) is 12.0 Å². The first kappa shape index (κ1) is 19.2. The Labute approximate surface area is 162 Å². The van der Waals surface area contributed by atoms with Crippen LogP contribution in [0.3, 0.4) is 0 Å². The van der Waals surface area contributed by atoms with Gasteiger partial charge in [-0.1, -0.05) is 56.6 Å². The summed E-state index contributed by atoms with van der Waals surface area (Å²) in [6, 6.07) is 15.3. The summed E-state index contributed by atoms with van der Waals surface area (Å²) in [5.41, 5.74) is 3.89. The van der Waals surface area contributed by atoms with Crippen molar-refractivity contribution >= 4 is 11.6 Å². The quantitative estimate of drug-likeness (QED) is 0.787. The molecule has 0 spiro atoms. The lowest BCUT2D eigenvalue weighted by molar-refractivity contribution is 0.400. The zero-order valence-corrected chi connectivity index (χ0v) is 16.9. The van der Waals surface area contributed by atoms with Gasteiger partial charge in [0.05, 0.1) is 7.11 Å². The second-order valence-electron chi connectivity index (χ2n) is 8.04. The average Bonchev–Trinajstić information content (AvgIpc) is 3.07. The molecular formula is C22H29ClN2O. The van der Waals surface area contributed by atoms with Gasteiger partial charge >= 0.3 is 0 Å². The Hall–Kier alpha value is -1.55. The Morgan fingerprint density at radius 3 is 2.69 bits per heavy atom. The molecule has 2 N–H and O–H groups in total. The van der Waals surface area contributed by atoms with Crippen molar-refractivity contribution in [1.82, 2.24) is 10.6 Å². The molecule has 0 radical (unpaired) electrons. The molecule has 1 aliphatic heterocycles. The van der Waals surface area contributed by atoms with Crippen molar-refractivity contribution in [2.75, 3.05) is 13.7 Å². The van der Waals surface area contributed by atoms with Gasteiger partial charge in [0.2, 0.25) is 0 Å². The summed E-state index contributed by atoms with van der Waals surface area (Å²) in [5.74, 6) is 0.941. The fourth-order valence-corrected chi connectivity index (χ4v) is 3.80. The number of halogens is 1. The molecular weight excluding hydrogens is 344 g/mol. The molecule has 0 bridgehead atoms. The van der Waals surface area contributed by atoms with Gasteiger partial charge in [0.1, 0.15) is 5.75 Å². The molecule has 140 valence electrons. The van der Waals surface area contributed by atoms with Crippen LogP contribution < -0.4 is 15.4 Å². The van der Waals surface area contributed by atoms with Crippen molar-refractivity contribution < 1.29 is 4.74 Å². The predicted octanol–water partition coefficient (Wildman–Crippen LogP) is 4.84. The molecule has 3 rings (SSSR count). The summed E-state index contributed by atoms with van der Waals surface area (Å²) in [7, 11) is 1.74. The lowest BCUT2D eigenvalue weighted by atomic mass is 9.86. The molecule has 1 fully saturated rings. The smallest absolute Gasteiger partial charge is 0.123 e. The van der Waals surface area contributed by atoms with Gasteiger partial charge < -0.3 is 15.4 Å². The average molecular weight is 373 g/mol. The van der Waals surface area contributed by atoms with Crippen LogP contribution in [-0.4, -0.2) is 19.7 Å². The van der Waals surface area contributed by atoms with Gasteiger partial charge in [0.15, 0.2) is 0 Å². The number of nitrogens with one attached hydrogen (secondary N) is 2. The Balaban J connectivity index is 1.75. The van der Waals surface area contributed by atoms with Gasteiger partial charge in [-0.15, -0.1) is 0 Å². The van der Waals surface area contributed by atoms with Crippen molar-refractivity contribution in [3.05, 3.63) is 64.2 Å². The topological polar surface area (TPSA) is 33.3 Å². The number of benzene rings is 2. The number of hydrogen-bond acceptors (Lipinski definition) is 3. The summed E-state index contributed by atoms with van der Waals surface area (Å²) in [6.45, 7) is 8.51. The second-order valence-corrected chi connectivity index (χ2v) is 8.48. The van der Waals surface area contributed by atoms with E-state index in [0.717, 1.165) is 30.3 Å². The minimum Gasteiger partial charge on any atom is -0.496 e. The van der Waals surface area contributed by atoms with Crippen molar-refractivity contribution in [1.29, 1.82) is 0 Å². The zero-order chi connectivity index (χ0) is 18.7. The Morgan fingerprint density at radius 2 is 2.00 bits per heavy atom. The van der Waals surface area contributed by atoms with Crippen LogP contribution in [0.2, 0.25) is 5.02 Å². The van der Waals surface area contributed by atoms with Crippen LogP contribution in [0.1, 0.15) is 49.9 Å². The molecule has 2 aromatic carbocycles. The number of ether oxygens (including phenoxy) is 1. The minimum absolute atomic E-state index is 0.124. The van der Waals surface area contributed by atoms with Crippen molar-refractivity contribution in [2.45, 2.75) is 51.2 Å². The molecule has 0 unspecified atom stereocenters. The maximum atomic E-state index is 6.18. The van der Waals surface area contributed by atoms with E-state index >= 15 is 0 Å². The first-order valence-electron chi connectivity index (χ1n) is 9.28. The summed E-state index contributed by atoms with van der Waals surface area (Å²) >= 11 is 6.18. The molecule has 1 heterocycles. The van der Waals surface area contributed by atoms with E-state index in [1.165, 1.54) is 16.7 Å². The van der Waals surface area contributed by atoms with Gasteiger partial charge in [-0.3, -0.25) is 0 Å². The van der Waals surface area contributed by atoms with Gasteiger partial charge in [0, 0.05) is 29.2 Å². The first-order valence-corrected chi connectivity index (χ1v) is 9.66. The molecule has 0 amide bonds. The Morgan fingerprint density at radius 1 is 1.19 bits per heavy atom. The molecule has 26 heavy (non-hydrogen) atoms. The fourth-order valence-electron chi connectivity index (χ4n) is 3.60. The number of rotatable bonds is 5. The number of methoxy groups -OCH3 is 1. The lowest BCUT2D eigenvalue weighted by Crippen LogP contribution is -2.34. The van der Waals surface area contributed by atoms with E-state index in [-0.39, 0.29) is 11.5 Å². The normalized spacial score (nSPS) is 20.3. The summed E-state index contributed by atoms with van der Waals surface area (Å²) in [6.07, 6.45) is 1.10. The molecule has 3 nitrogen and oxygen atoms in total. The highest BCUT2D eigenvalue weighted by molar-refractivity contribution is 6.30. The van der Waals surface area contributed by atoms with Crippen molar-refractivity contribution in [3.8, 4) is 5.75 Å². The van der Waals surface area contributed by atoms with Crippen LogP contribution in [0.15, 0.2) is 42.5 Å². The van der Waals surface area contributed by atoms with Crippen LogP contribution in [0, 0.1) is 0 Å². The van der Waals surface area contributed by atoms with E-state index in [9.17, 15) is 0 Å². The van der Waals surface area contributed by atoms with Crippen LogP contribution in [0.5, 0.6) is 5.75 Å². The molecule has 4 heteroatoms. The summed E-state index contributed by atoms with van der Waals surface area (Å²) in [5, 5.41) is 8.12. The van der Waals surface area contributed by atoms with Crippen molar-refractivity contribution in [3.63, 3.8) is 0 Å². The van der Waals surface area contributed by atoms with Crippen LogP contribution >= 0.6 is 11.6 Å². The SMILES string of the molecule is COc1ccc(C(C)(C)C)cc1CN[C@H]1CCN[C@H]1c1cccc(Cl)c1. The third kappa shape index (κ3) is 4.40. The molecule has 2 aromatic rings. The Kier molecular flexibility index (Phi) is 5.91. The molecule has 1 saturated heterocycles. The highest BCUT2D eigenvalue weighted by atomic mass is 35.5. The van der Waals surface area contributed by atoms with Gasteiger partial charge in [0.25, 0.3) is 0 Å². The summed E-state index contributed by atoms with van der Waals surface area (Å²) < 4.78 is 5.58. The standard InChI is InChI=1S/C22H29ClN2O/c1-22(2,3)17-8-9-20(26-4)16(12-17)14-25-19-10-11-24-21(19)15-6-5-7-18(23)13-15/h5-9,12-13,19,21,24-25H,10-11,14H2,1-4H3/t19-,21-/m0/s1. The first-order chi connectivity index (χ1) is 12.4. The lowest BCUT2D eigenvalue weighted by Gasteiger charge is -2.24. The minimum atomic E-state index is 0.124. The van der Waals surface area contributed by atoms with E-state index in [4.69, 9.17) is 16.3 Å². The monoisotopic (exact) mass is 372 g/mol. The van der Waals surface area contributed by atoms with Gasteiger partial charge in [-0.2, -0.15) is 0 Å². The van der Waals surface area contributed by atoms with Crippen molar-refractivity contribution in [2.24, 2.45) is 0 Å².